The van der Waals surface area contributed by atoms with E-state index in [2.05, 4.69) is 10.6 Å². The van der Waals surface area contributed by atoms with Crippen LogP contribution in [0.25, 0.3) is 0 Å². The first-order valence-electron chi connectivity index (χ1n) is 7.51. The van der Waals surface area contributed by atoms with Crippen LogP contribution in [0.4, 0.5) is 0 Å². The van der Waals surface area contributed by atoms with E-state index < -0.39 is 35.5 Å². The summed E-state index contributed by atoms with van der Waals surface area (Å²) < 4.78 is 4.81. The van der Waals surface area contributed by atoms with Gasteiger partial charge in [0.05, 0.1) is 12.2 Å². The highest BCUT2D eigenvalue weighted by atomic mass is 32.2. The number of amides is 3. The van der Waals surface area contributed by atoms with E-state index in [1.807, 2.05) is 0 Å². The van der Waals surface area contributed by atoms with Crippen LogP contribution in [0.3, 0.4) is 0 Å². The molecule has 2 rings (SSSR count). The second-order valence-electron chi connectivity index (χ2n) is 5.43. The molecule has 2 aliphatic rings. The predicted octanol–water partition coefficient (Wildman–Crippen LogP) is -1.30. The number of hydrogen-bond donors (Lipinski definition) is 3. The molecule has 26 heavy (non-hydrogen) atoms. The number of nitrogens with one attached hydrogen (secondary N) is 2. The third kappa shape index (κ3) is 4.32. The maximum Gasteiger partial charge on any atom is 0.372 e. The maximum absolute atomic E-state index is 12.4. The number of aliphatic carboxylic acids is 1. The fourth-order valence-electron chi connectivity index (χ4n) is 2.31. The van der Waals surface area contributed by atoms with Gasteiger partial charge < -0.3 is 20.5 Å². The minimum absolute atomic E-state index is 0.0288. The number of carbonyl (C=O) groups excluding carboxylic acids is 4. The molecule has 0 saturated carbocycles. The van der Waals surface area contributed by atoms with E-state index >= 15 is 0 Å². The molecule has 1 unspecified atom stereocenters. The third-order valence-corrected chi connectivity index (χ3v) is 4.24. The van der Waals surface area contributed by atoms with Gasteiger partial charge in [0, 0.05) is 19.5 Å². The molecule has 2 atom stereocenters. The number of hydroxylamine groups is 2. The summed E-state index contributed by atoms with van der Waals surface area (Å²) in [6, 6.07) is -1.09. The summed E-state index contributed by atoms with van der Waals surface area (Å²) in [5.41, 5.74) is -2.20. The topological polar surface area (TPSA) is 151 Å². The Morgan fingerprint density at radius 3 is 2.73 bits per heavy atom. The molecule has 11 nitrogen and oxygen atoms in total. The van der Waals surface area contributed by atoms with Gasteiger partial charge in [0.2, 0.25) is 11.8 Å². The predicted molar refractivity (Wildman–Crippen MR) is 85.8 cm³/mol. The summed E-state index contributed by atoms with van der Waals surface area (Å²) in [5.74, 6) is -3.85. The van der Waals surface area contributed by atoms with Crippen molar-refractivity contribution in [2.45, 2.75) is 31.5 Å². The molecule has 0 radical (unpaired) electrons. The van der Waals surface area contributed by atoms with E-state index in [1.165, 1.54) is 18.5 Å². The normalized spacial score (nSPS) is 25.4. The van der Waals surface area contributed by atoms with Gasteiger partial charge in [0.25, 0.3) is 5.91 Å². The molecular formula is C14H17N3O8S. The Morgan fingerprint density at radius 1 is 1.42 bits per heavy atom. The maximum atomic E-state index is 12.4. The summed E-state index contributed by atoms with van der Waals surface area (Å²) >= 11 is 1.08. The summed E-state index contributed by atoms with van der Waals surface area (Å²) in [7, 11) is 0. The first kappa shape index (κ1) is 19.7. The van der Waals surface area contributed by atoms with Gasteiger partial charge in [-0.3, -0.25) is 24.0 Å². The van der Waals surface area contributed by atoms with Gasteiger partial charge in [-0.25, -0.2) is 4.79 Å². The van der Waals surface area contributed by atoms with Crippen molar-refractivity contribution >= 4 is 41.4 Å². The highest BCUT2D eigenvalue weighted by molar-refractivity contribution is 8.02. The van der Waals surface area contributed by atoms with Crippen LogP contribution in [0.15, 0.2) is 11.6 Å². The van der Waals surface area contributed by atoms with E-state index in [9.17, 15) is 29.1 Å². The zero-order valence-electron chi connectivity index (χ0n) is 13.7. The van der Waals surface area contributed by atoms with Crippen molar-refractivity contribution in [2.75, 3.05) is 12.4 Å². The number of carboxylic acids is 1. The molecule has 3 N–H and O–H groups in total. The Bertz CT molecular complexity index is 667. The van der Waals surface area contributed by atoms with Crippen molar-refractivity contribution < 1.29 is 38.7 Å². The lowest BCUT2D eigenvalue weighted by Gasteiger charge is -2.30. The highest BCUT2D eigenvalue weighted by Crippen LogP contribution is 2.33. The van der Waals surface area contributed by atoms with Crippen LogP contribution < -0.4 is 10.6 Å². The molecule has 2 saturated heterocycles. The molecule has 142 valence electrons. The fourth-order valence-corrected chi connectivity index (χ4v) is 2.81. The standard InChI is InChI=1S/C14H17N3O8S/c1-8(18)15-4-5-26-7-10(19)16-9-6-24-17(12(9)21)14(13(22)23)3-2-11(20)25-14/h4-5,9H,2-3,6-7H2,1H3,(H,15,18)(H,16,19)(H,22,23)/b5-4+/t9-,14?/m0/s1. The zero-order valence-corrected chi connectivity index (χ0v) is 14.5. The van der Waals surface area contributed by atoms with Gasteiger partial charge in [-0.15, -0.1) is 11.8 Å². The van der Waals surface area contributed by atoms with Crippen LogP contribution in [-0.4, -0.2) is 64.0 Å². The van der Waals surface area contributed by atoms with Gasteiger partial charge in [0.1, 0.15) is 12.6 Å². The highest BCUT2D eigenvalue weighted by Gasteiger charge is 2.59. The molecule has 0 aromatic rings. The molecule has 0 aromatic carbocycles. The number of carbonyl (C=O) groups is 5. The lowest BCUT2D eigenvalue weighted by atomic mass is 10.1. The van der Waals surface area contributed by atoms with Crippen molar-refractivity contribution in [2.24, 2.45) is 0 Å². The molecule has 0 spiro atoms. The van der Waals surface area contributed by atoms with E-state index in [1.54, 1.807) is 0 Å². The summed E-state index contributed by atoms with van der Waals surface area (Å²) in [6.45, 7) is 1.06. The number of thioether (sulfide) groups is 1. The molecular weight excluding hydrogens is 370 g/mol. The number of carboxylic acid groups (broad SMARTS) is 1. The van der Waals surface area contributed by atoms with Gasteiger partial charge in [-0.05, 0) is 5.41 Å². The Hall–Kier alpha value is -2.60. The molecule has 12 heteroatoms. The van der Waals surface area contributed by atoms with Gasteiger partial charge in [-0.2, -0.15) is 5.06 Å². The van der Waals surface area contributed by atoms with Crippen LogP contribution in [0.2, 0.25) is 0 Å². The van der Waals surface area contributed by atoms with Crippen molar-refractivity contribution in [3.63, 3.8) is 0 Å². The monoisotopic (exact) mass is 387 g/mol. The van der Waals surface area contributed by atoms with Crippen molar-refractivity contribution in [1.82, 2.24) is 15.7 Å². The fraction of sp³-hybridized carbons (Fsp3) is 0.500. The van der Waals surface area contributed by atoms with E-state index in [4.69, 9.17) is 9.57 Å². The molecule has 0 bridgehead atoms. The number of esters is 1. The minimum Gasteiger partial charge on any atom is -0.477 e. The van der Waals surface area contributed by atoms with Crippen LogP contribution in [0.1, 0.15) is 19.8 Å². The number of rotatable bonds is 7. The molecule has 2 fully saturated rings. The summed E-state index contributed by atoms with van der Waals surface area (Å²) in [5, 5.41) is 16.2. The minimum atomic E-state index is -2.20. The van der Waals surface area contributed by atoms with Crippen molar-refractivity contribution in [3.05, 3.63) is 11.6 Å². The van der Waals surface area contributed by atoms with Crippen molar-refractivity contribution in [3.8, 4) is 0 Å². The van der Waals surface area contributed by atoms with Crippen LogP contribution >= 0.6 is 11.8 Å². The Balaban J connectivity index is 1.89. The molecule has 0 aliphatic carbocycles. The second-order valence-corrected chi connectivity index (χ2v) is 6.32. The number of nitrogens with zero attached hydrogens (tertiary/aromatic N) is 1. The van der Waals surface area contributed by atoms with Crippen molar-refractivity contribution in [1.29, 1.82) is 0 Å². The van der Waals surface area contributed by atoms with Crippen LogP contribution in [0.5, 0.6) is 0 Å². The Kier molecular flexibility index (Phi) is 6.21. The summed E-state index contributed by atoms with van der Waals surface area (Å²) in [6.07, 6.45) is 0.974. The third-order valence-electron chi connectivity index (χ3n) is 3.48. The number of hydrogen-bond acceptors (Lipinski definition) is 8. The molecule has 0 aromatic heterocycles. The quantitative estimate of drug-likeness (QED) is 0.453. The lowest BCUT2D eigenvalue weighted by Crippen LogP contribution is -2.56. The molecule has 2 heterocycles. The van der Waals surface area contributed by atoms with E-state index in [0.717, 1.165) is 11.8 Å². The Morgan fingerprint density at radius 2 is 2.15 bits per heavy atom. The average molecular weight is 387 g/mol. The van der Waals surface area contributed by atoms with Gasteiger partial charge in [0.15, 0.2) is 0 Å². The number of cyclic esters (lactones) is 1. The van der Waals surface area contributed by atoms with Crippen LogP contribution in [0, 0.1) is 0 Å². The molecule has 3 amide bonds. The van der Waals surface area contributed by atoms with E-state index in [0.29, 0.717) is 5.06 Å². The lowest BCUT2D eigenvalue weighted by molar-refractivity contribution is -0.256. The molecule has 2 aliphatic heterocycles. The van der Waals surface area contributed by atoms with Gasteiger partial charge >= 0.3 is 17.7 Å². The largest absolute Gasteiger partial charge is 0.477 e. The van der Waals surface area contributed by atoms with E-state index in [-0.39, 0.29) is 31.1 Å². The number of ether oxygens (including phenoxy) is 1. The summed E-state index contributed by atoms with van der Waals surface area (Å²) in [4.78, 5) is 62.8. The first-order valence-corrected chi connectivity index (χ1v) is 8.56. The SMILES string of the molecule is CC(=O)N/C=C/SCC(=O)N[C@H]1CON(C2(C(=O)O)CCC(=O)O2)C1=O. The second kappa shape index (κ2) is 8.19. The average Bonchev–Trinajstić information content (AvgIpc) is 3.11. The zero-order chi connectivity index (χ0) is 19.3. The smallest absolute Gasteiger partial charge is 0.372 e. The first-order chi connectivity index (χ1) is 12.3. The van der Waals surface area contributed by atoms with Crippen LogP contribution in [-0.2, 0) is 33.5 Å². The Labute approximate surface area is 152 Å². The van der Waals surface area contributed by atoms with Gasteiger partial charge in [-0.1, -0.05) is 0 Å².